The Morgan fingerprint density at radius 1 is 1.06 bits per heavy atom. The van der Waals surface area contributed by atoms with E-state index >= 15 is 0 Å². The standard InChI is InChI=1S/C26H35N3O6S/c1-18(5-16-24(31)35-26(2,3)4)27-25(32)23(15-10-19-8-13-22(30)14-9-19)28-36-17-20-6-11-21(12-7-20)29(33)34/h6-9,11-14,18,23,28,30H,5,10,15-17H2,1-4H3,(H,27,32). The van der Waals surface area contributed by atoms with Gasteiger partial charge in [-0.1, -0.05) is 36.2 Å². The molecule has 2 unspecified atom stereocenters. The highest BCUT2D eigenvalue weighted by atomic mass is 32.2. The zero-order valence-electron chi connectivity index (χ0n) is 21.2. The number of aromatic hydroxyl groups is 1. The van der Waals surface area contributed by atoms with Crippen molar-refractivity contribution in [3.63, 3.8) is 0 Å². The van der Waals surface area contributed by atoms with Gasteiger partial charge < -0.3 is 15.2 Å². The van der Waals surface area contributed by atoms with Crippen LogP contribution in [0.3, 0.4) is 0 Å². The summed E-state index contributed by atoms with van der Waals surface area (Å²) in [6, 6.07) is 12.4. The number of nitro benzene ring substituents is 1. The van der Waals surface area contributed by atoms with Gasteiger partial charge >= 0.3 is 5.97 Å². The lowest BCUT2D eigenvalue weighted by Gasteiger charge is -2.22. The van der Waals surface area contributed by atoms with Crippen LogP contribution in [0.4, 0.5) is 5.69 Å². The van der Waals surface area contributed by atoms with Crippen molar-refractivity contribution in [1.82, 2.24) is 10.0 Å². The number of nitrogens with zero attached hydrogens (tertiary/aromatic N) is 1. The molecule has 9 nitrogen and oxygen atoms in total. The second-order valence-electron chi connectivity index (χ2n) is 9.62. The van der Waals surface area contributed by atoms with E-state index in [2.05, 4.69) is 10.0 Å². The fraction of sp³-hybridized carbons (Fsp3) is 0.462. The van der Waals surface area contributed by atoms with E-state index in [0.717, 1.165) is 11.1 Å². The molecule has 196 valence electrons. The fourth-order valence-corrected chi connectivity index (χ4v) is 4.17. The SMILES string of the molecule is CC(CCC(=O)OC(C)(C)C)NC(=O)C(CCc1ccc(O)cc1)NSCc1ccc([N+](=O)[O-])cc1. The quantitative estimate of drug-likeness (QED) is 0.151. The number of aryl methyl sites for hydroxylation is 1. The summed E-state index contributed by atoms with van der Waals surface area (Å²) >= 11 is 1.35. The van der Waals surface area contributed by atoms with Crippen molar-refractivity contribution >= 4 is 29.5 Å². The van der Waals surface area contributed by atoms with Gasteiger partial charge in [-0.15, -0.1) is 0 Å². The Morgan fingerprint density at radius 3 is 2.25 bits per heavy atom. The summed E-state index contributed by atoms with van der Waals surface area (Å²) in [4.78, 5) is 35.4. The first-order chi connectivity index (χ1) is 16.9. The van der Waals surface area contributed by atoms with Crippen LogP contribution < -0.4 is 10.0 Å². The highest BCUT2D eigenvalue weighted by molar-refractivity contribution is 7.96. The van der Waals surface area contributed by atoms with Crippen molar-refractivity contribution < 1.29 is 24.4 Å². The van der Waals surface area contributed by atoms with Crippen LogP contribution in [-0.4, -0.2) is 39.6 Å². The maximum Gasteiger partial charge on any atom is 0.306 e. The minimum Gasteiger partial charge on any atom is -0.508 e. The predicted molar refractivity (Wildman–Crippen MR) is 140 cm³/mol. The Labute approximate surface area is 216 Å². The summed E-state index contributed by atoms with van der Waals surface area (Å²) < 4.78 is 8.55. The number of carbonyl (C=O) groups is 2. The number of non-ortho nitro benzene ring substituents is 1. The minimum atomic E-state index is -0.548. The third-order valence-corrected chi connectivity index (χ3v) is 6.11. The fourth-order valence-electron chi connectivity index (χ4n) is 3.30. The van der Waals surface area contributed by atoms with E-state index in [1.807, 2.05) is 39.8 Å². The Morgan fingerprint density at radius 2 is 1.67 bits per heavy atom. The van der Waals surface area contributed by atoms with E-state index in [-0.39, 0.29) is 35.8 Å². The lowest BCUT2D eigenvalue weighted by Crippen LogP contribution is -2.45. The number of phenols is 1. The number of rotatable bonds is 13. The van der Waals surface area contributed by atoms with Gasteiger partial charge in [-0.3, -0.25) is 24.4 Å². The number of hydrogen-bond donors (Lipinski definition) is 3. The molecule has 0 saturated carbocycles. The molecule has 2 aromatic carbocycles. The number of phenolic OH excluding ortho intramolecular Hbond substituents is 1. The zero-order valence-corrected chi connectivity index (χ0v) is 22.0. The largest absolute Gasteiger partial charge is 0.508 e. The molecule has 1 amide bonds. The summed E-state index contributed by atoms with van der Waals surface area (Å²) in [6.45, 7) is 7.29. The molecule has 2 atom stereocenters. The Bertz CT molecular complexity index is 1010. The van der Waals surface area contributed by atoms with Gasteiger partial charge in [0.2, 0.25) is 5.91 Å². The van der Waals surface area contributed by atoms with Crippen molar-refractivity contribution in [3.8, 4) is 5.75 Å². The average molecular weight is 518 g/mol. The average Bonchev–Trinajstić information content (AvgIpc) is 2.80. The number of nitro groups is 1. The molecule has 2 aromatic rings. The molecule has 0 heterocycles. The third-order valence-electron chi connectivity index (χ3n) is 5.18. The molecule has 36 heavy (non-hydrogen) atoms. The molecule has 0 bridgehead atoms. The molecule has 0 saturated heterocycles. The van der Waals surface area contributed by atoms with Gasteiger partial charge in [-0.2, -0.15) is 0 Å². The van der Waals surface area contributed by atoms with Gasteiger partial charge in [-0.05, 0) is 70.2 Å². The van der Waals surface area contributed by atoms with Crippen LogP contribution in [0.25, 0.3) is 0 Å². The predicted octanol–water partition coefficient (Wildman–Crippen LogP) is 4.67. The topological polar surface area (TPSA) is 131 Å². The van der Waals surface area contributed by atoms with Gasteiger partial charge in [0.15, 0.2) is 0 Å². The Balaban J connectivity index is 1.93. The maximum atomic E-state index is 13.0. The number of nitrogens with one attached hydrogen (secondary N) is 2. The monoisotopic (exact) mass is 517 g/mol. The second-order valence-corrected chi connectivity index (χ2v) is 10.4. The van der Waals surface area contributed by atoms with Crippen LogP contribution in [0.15, 0.2) is 48.5 Å². The van der Waals surface area contributed by atoms with E-state index in [4.69, 9.17) is 4.74 Å². The van der Waals surface area contributed by atoms with Crippen molar-refractivity contribution in [2.24, 2.45) is 0 Å². The van der Waals surface area contributed by atoms with Gasteiger partial charge in [0.25, 0.3) is 5.69 Å². The Kier molecular flexibility index (Phi) is 11.2. The normalized spacial score (nSPS) is 13.0. The summed E-state index contributed by atoms with van der Waals surface area (Å²) in [5.74, 6) is 0.226. The summed E-state index contributed by atoms with van der Waals surface area (Å²) in [5, 5.41) is 23.3. The highest BCUT2D eigenvalue weighted by Gasteiger charge is 2.22. The highest BCUT2D eigenvalue weighted by Crippen LogP contribution is 2.18. The van der Waals surface area contributed by atoms with Crippen molar-refractivity contribution in [2.45, 2.75) is 76.8 Å². The zero-order chi connectivity index (χ0) is 26.7. The van der Waals surface area contributed by atoms with Gasteiger partial charge in [-0.25, -0.2) is 0 Å². The van der Waals surface area contributed by atoms with Crippen molar-refractivity contribution in [1.29, 1.82) is 0 Å². The van der Waals surface area contributed by atoms with Crippen molar-refractivity contribution in [2.75, 3.05) is 0 Å². The lowest BCUT2D eigenvalue weighted by atomic mass is 10.0. The molecule has 0 aliphatic heterocycles. The number of hydrogen-bond acceptors (Lipinski definition) is 8. The van der Waals surface area contributed by atoms with Crippen LogP contribution in [0.1, 0.15) is 58.1 Å². The van der Waals surface area contributed by atoms with E-state index in [9.17, 15) is 24.8 Å². The number of amides is 1. The van der Waals surface area contributed by atoms with Crippen LogP contribution in [0, 0.1) is 10.1 Å². The molecule has 10 heteroatoms. The molecule has 0 aliphatic carbocycles. The van der Waals surface area contributed by atoms with E-state index in [1.54, 1.807) is 24.3 Å². The van der Waals surface area contributed by atoms with Gasteiger partial charge in [0.1, 0.15) is 11.4 Å². The summed E-state index contributed by atoms with van der Waals surface area (Å²) in [5.41, 5.74) is 1.36. The summed E-state index contributed by atoms with van der Waals surface area (Å²) in [7, 11) is 0. The molecule has 0 spiro atoms. The molecular formula is C26H35N3O6S. The lowest BCUT2D eigenvalue weighted by molar-refractivity contribution is -0.384. The molecule has 0 aliphatic rings. The minimum absolute atomic E-state index is 0.0308. The van der Waals surface area contributed by atoms with E-state index in [0.29, 0.717) is 25.0 Å². The van der Waals surface area contributed by atoms with E-state index in [1.165, 1.54) is 24.1 Å². The molecule has 2 rings (SSSR count). The van der Waals surface area contributed by atoms with Crippen LogP contribution in [0.5, 0.6) is 5.75 Å². The maximum absolute atomic E-state index is 13.0. The van der Waals surface area contributed by atoms with Crippen LogP contribution in [-0.2, 0) is 26.5 Å². The number of carbonyl (C=O) groups excluding carboxylic acids is 2. The van der Waals surface area contributed by atoms with Gasteiger partial charge in [0, 0.05) is 30.3 Å². The first-order valence-electron chi connectivity index (χ1n) is 11.8. The third kappa shape index (κ3) is 11.1. The number of benzene rings is 2. The van der Waals surface area contributed by atoms with Crippen molar-refractivity contribution in [3.05, 3.63) is 69.8 Å². The number of ether oxygens (including phenoxy) is 1. The summed E-state index contributed by atoms with van der Waals surface area (Å²) in [6.07, 6.45) is 1.80. The first-order valence-corrected chi connectivity index (χ1v) is 12.8. The molecular weight excluding hydrogens is 482 g/mol. The Hall–Kier alpha value is -3.11. The smallest absolute Gasteiger partial charge is 0.306 e. The number of esters is 1. The molecule has 0 fully saturated rings. The van der Waals surface area contributed by atoms with E-state index < -0.39 is 16.6 Å². The van der Waals surface area contributed by atoms with Crippen LogP contribution in [0.2, 0.25) is 0 Å². The molecule has 0 aromatic heterocycles. The van der Waals surface area contributed by atoms with Crippen LogP contribution >= 0.6 is 11.9 Å². The van der Waals surface area contributed by atoms with Gasteiger partial charge in [0.05, 0.1) is 11.0 Å². The molecule has 0 radical (unpaired) electrons. The first kappa shape index (κ1) is 29.1. The molecule has 3 N–H and O–H groups in total. The second kappa shape index (κ2) is 13.8.